The lowest BCUT2D eigenvalue weighted by molar-refractivity contribution is -0.145. The summed E-state index contributed by atoms with van der Waals surface area (Å²) in [6, 6.07) is 12.8. The van der Waals surface area contributed by atoms with Gasteiger partial charge in [0.05, 0.1) is 14.2 Å². The van der Waals surface area contributed by atoms with E-state index in [1.54, 1.807) is 38.5 Å². The number of ether oxygens (including phenoxy) is 3. The lowest BCUT2D eigenvalue weighted by Crippen LogP contribution is -2.30. The van der Waals surface area contributed by atoms with Crippen LogP contribution in [-0.4, -0.2) is 31.4 Å². The predicted molar refractivity (Wildman–Crippen MR) is 95.8 cm³/mol. The van der Waals surface area contributed by atoms with Gasteiger partial charge in [-0.15, -0.1) is 0 Å². The van der Waals surface area contributed by atoms with Crippen LogP contribution in [0.5, 0.6) is 17.2 Å². The lowest BCUT2D eigenvalue weighted by Gasteiger charge is -2.20. The summed E-state index contributed by atoms with van der Waals surface area (Å²) in [6.45, 7) is 4.09. The minimum atomic E-state index is -1.02. The van der Waals surface area contributed by atoms with Crippen molar-refractivity contribution in [1.82, 2.24) is 0 Å². The van der Waals surface area contributed by atoms with Crippen molar-refractivity contribution in [2.24, 2.45) is 0 Å². The summed E-state index contributed by atoms with van der Waals surface area (Å²) in [5.41, 5.74) is 1.73. The summed E-state index contributed by atoms with van der Waals surface area (Å²) in [6.07, 6.45) is -0.822. The third-order valence-electron chi connectivity index (χ3n) is 3.99. The number of carboxylic acids is 1. The van der Waals surface area contributed by atoms with Gasteiger partial charge in [-0.3, -0.25) is 0 Å². The fraction of sp³-hybridized carbons (Fsp3) is 0.350. The van der Waals surface area contributed by atoms with Crippen molar-refractivity contribution in [3.63, 3.8) is 0 Å². The maximum atomic E-state index is 11.7. The largest absolute Gasteiger partial charge is 0.497 e. The summed E-state index contributed by atoms with van der Waals surface area (Å²) in [5.74, 6) is 1.04. The molecule has 0 bridgehead atoms. The number of para-hydroxylation sites is 1. The molecule has 1 unspecified atom stereocenters. The predicted octanol–water partition coefficient (Wildman–Crippen LogP) is 3.90. The molecule has 0 aliphatic heterocycles. The van der Waals surface area contributed by atoms with Crippen molar-refractivity contribution in [3.05, 3.63) is 53.6 Å². The van der Waals surface area contributed by atoms with Crippen LogP contribution in [0.1, 0.15) is 30.9 Å². The summed E-state index contributed by atoms with van der Waals surface area (Å²) in [7, 11) is 3.11. The molecule has 2 aromatic carbocycles. The lowest BCUT2D eigenvalue weighted by atomic mass is 10.0. The van der Waals surface area contributed by atoms with E-state index in [0.717, 1.165) is 11.1 Å². The van der Waals surface area contributed by atoms with Crippen LogP contribution in [0.4, 0.5) is 0 Å². The normalized spacial score (nSPS) is 11.9. The molecule has 0 saturated carbocycles. The second-order valence-corrected chi connectivity index (χ2v) is 6.02. The monoisotopic (exact) mass is 344 g/mol. The summed E-state index contributed by atoms with van der Waals surface area (Å²) >= 11 is 0. The molecular formula is C20H24O5. The van der Waals surface area contributed by atoms with Crippen molar-refractivity contribution in [2.75, 3.05) is 14.2 Å². The van der Waals surface area contributed by atoms with Crippen molar-refractivity contribution < 1.29 is 24.1 Å². The summed E-state index contributed by atoms with van der Waals surface area (Å²) < 4.78 is 16.4. The Balaban J connectivity index is 2.27. The van der Waals surface area contributed by atoms with Gasteiger partial charge in [0.1, 0.15) is 17.2 Å². The van der Waals surface area contributed by atoms with Crippen LogP contribution < -0.4 is 14.2 Å². The van der Waals surface area contributed by atoms with E-state index in [1.165, 1.54) is 0 Å². The van der Waals surface area contributed by atoms with Crippen molar-refractivity contribution >= 4 is 5.97 Å². The van der Waals surface area contributed by atoms with Crippen LogP contribution in [0.25, 0.3) is 0 Å². The number of hydrogen-bond donors (Lipinski definition) is 1. The molecule has 2 rings (SSSR count). The molecule has 2 aromatic rings. The first kappa shape index (κ1) is 18.6. The summed E-state index contributed by atoms with van der Waals surface area (Å²) in [5, 5.41) is 9.60. The minimum Gasteiger partial charge on any atom is -0.497 e. The Morgan fingerprint density at radius 2 is 1.76 bits per heavy atom. The number of methoxy groups -OCH3 is 2. The number of aliphatic carboxylic acids is 1. The second kappa shape index (κ2) is 8.42. The van der Waals surface area contributed by atoms with Crippen molar-refractivity contribution in [2.45, 2.75) is 32.3 Å². The highest BCUT2D eigenvalue weighted by atomic mass is 16.5. The zero-order chi connectivity index (χ0) is 18.4. The fourth-order valence-corrected chi connectivity index (χ4v) is 2.62. The molecule has 0 radical (unpaired) electrons. The van der Waals surface area contributed by atoms with Crippen LogP contribution in [0, 0.1) is 0 Å². The zero-order valence-electron chi connectivity index (χ0n) is 15.0. The maximum absolute atomic E-state index is 11.7. The highest BCUT2D eigenvalue weighted by Crippen LogP contribution is 2.29. The Bertz CT molecular complexity index is 724. The fourth-order valence-electron chi connectivity index (χ4n) is 2.62. The Kier molecular flexibility index (Phi) is 6.28. The molecule has 1 N–H and O–H groups in total. The summed E-state index contributed by atoms with van der Waals surface area (Å²) in [4.78, 5) is 11.7. The first-order valence-electron chi connectivity index (χ1n) is 8.15. The van der Waals surface area contributed by atoms with Gasteiger partial charge in [-0.1, -0.05) is 38.1 Å². The van der Waals surface area contributed by atoms with Gasteiger partial charge < -0.3 is 19.3 Å². The van der Waals surface area contributed by atoms with E-state index >= 15 is 0 Å². The van der Waals surface area contributed by atoms with E-state index in [1.807, 2.05) is 32.0 Å². The molecule has 0 spiro atoms. The van der Waals surface area contributed by atoms with Gasteiger partial charge >= 0.3 is 5.97 Å². The molecule has 0 heterocycles. The molecular weight excluding hydrogens is 320 g/mol. The average Bonchev–Trinajstić information content (AvgIpc) is 2.61. The van der Waals surface area contributed by atoms with Gasteiger partial charge in [0.15, 0.2) is 6.10 Å². The molecule has 1 atom stereocenters. The molecule has 0 aliphatic carbocycles. The van der Waals surface area contributed by atoms with E-state index in [-0.39, 0.29) is 12.3 Å². The van der Waals surface area contributed by atoms with Gasteiger partial charge in [-0.25, -0.2) is 4.79 Å². The van der Waals surface area contributed by atoms with Gasteiger partial charge in [0.2, 0.25) is 0 Å². The van der Waals surface area contributed by atoms with Gasteiger partial charge in [-0.05, 0) is 29.2 Å². The van der Waals surface area contributed by atoms with E-state index < -0.39 is 12.1 Å². The van der Waals surface area contributed by atoms with E-state index in [9.17, 15) is 9.90 Å². The number of carboxylic acid groups (broad SMARTS) is 1. The topological polar surface area (TPSA) is 65.0 Å². The highest BCUT2D eigenvalue weighted by molar-refractivity contribution is 5.73. The second-order valence-electron chi connectivity index (χ2n) is 6.02. The third-order valence-corrected chi connectivity index (χ3v) is 3.99. The average molecular weight is 344 g/mol. The van der Waals surface area contributed by atoms with Gasteiger partial charge in [0, 0.05) is 12.5 Å². The molecule has 0 fully saturated rings. The molecule has 134 valence electrons. The number of carbonyl (C=O) groups is 1. The molecule has 0 aromatic heterocycles. The molecule has 25 heavy (non-hydrogen) atoms. The third kappa shape index (κ3) is 4.66. The molecule has 5 heteroatoms. The minimum absolute atomic E-state index is 0.189. The van der Waals surface area contributed by atoms with Gasteiger partial charge in [-0.2, -0.15) is 0 Å². The number of hydrogen-bond acceptors (Lipinski definition) is 4. The Labute approximate surface area is 148 Å². The van der Waals surface area contributed by atoms with Crippen molar-refractivity contribution in [3.8, 4) is 17.2 Å². The van der Waals surface area contributed by atoms with Crippen LogP contribution in [-0.2, 0) is 11.2 Å². The van der Waals surface area contributed by atoms with Crippen LogP contribution in [0.3, 0.4) is 0 Å². The Morgan fingerprint density at radius 1 is 1.04 bits per heavy atom. The van der Waals surface area contributed by atoms with E-state index in [4.69, 9.17) is 14.2 Å². The number of rotatable bonds is 8. The SMILES string of the molecule is COc1ccc(CC(Oc2ccccc2C(C)C)C(=O)O)c(OC)c1. The van der Waals surface area contributed by atoms with Crippen LogP contribution >= 0.6 is 0 Å². The number of benzene rings is 2. The smallest absolute Gasteiger partial charge is 0.345 e. The Morgan fingerprint density at radius 3 is 2.36 bits per heavy atom. The van der Waals surface area contributed by atoms with Gasteiger partial charge in [0.25, 0.3) is 0 Å². The molecule has 0 aliphatic rings. The Hall–Kier alpha value is -2.69. The highest BCUT2D eigenvalue weighted by Gasteiger charge is 2.23. The van der Waals surface area contributed by atoms with Crippen molar-refractivity contribution in [1.29, 1.82) is 0 Å². The quantitative estimate of drug-likeness (QED) is 0.787. The molecule has 5 nitrogen and oxygen atoms in total. The first-order valence-corrected chi connectivity index (χ1v) is 8.15. The van der Waals surface area contributed by atoms with Crippen LogP contribution in [0.15, 0.2) is 42.5 Å². The zero-order valence-corrected chi connectivity index (χ0v) is 15.0. The van der Waals surface area contributed by atoms with E-state index in [0.29, 0.717) is 17.2 Å². The molecule has 0 amide bonds. The molecule has 0 saturated heterocycles. The van der Waals surface area contributed by atoms with Crippen LogP contribution in [0.2, 0.25) is 0 Å². The van der Waals surface area contributed by atoms with E-state index in [2.05, 4.69) is 0 Å². The first-order chi connectivity index (χ1) is 12.0. The standard InChI is InChI=1S/C20H24O5/c1-13(2)16-7-5-6-8-17(16)25-19(20(21)22)11-14-9-10-15(23-3)12-18(14)24-4/h5-10,12-13,19H,11H2,1-4H3,(H,21,22). The maximum Gasteiger partial charge on any atom is 0.345 e.